The zero-order valence-electron chi connectivity index (χ0n) is 10.2. The molecule has 0 spiro atoms. The summed E-state index contributed by atoms with van der Waals surface area (Å²) in [7, 11) is 0. The van der Waals surface area contributed by atoms with Crippen molar-refractivity contribution < 1.29 is 5.11 Å². The average molecular weight is 248 g/mol. The van der Waals surface area contributed by atoms with Gasteiger partial charge in [-0.15, -0.1) is 0 Å². The van der Waals surface area contributed by atoms with Gasteiger partial charge in [0.1, 0.15) is 5.75 Å². The molecular formula is C16H12N2O. The Kier molecular flexibility index (Phi) is 2.94. The summed E-state index contributed by atoms with van der Waals surface area (Å²) < 4.78 is 0. The Balaban J connectivity index is 2.04. The topological polar surface area (TPSA) is 45.5 Å². The van der Waals surface area contributed by atoms with Crippen LogP contribution < -0.4 is 0 Å². The van der Waals surface area contributed by atoms with E-state index in [2.05, 4.69) is 9.98 Å². The number of aliphatic imine (C=N–C) groups is 1. The van der Waals surface area contributed by atoms with E-state index in [9.17, 15) is 5.11 Å². The molecule has 0 bridgehead atoms. The molecule has 1 aromatic heterocycles. The first-order chi connectivity index (χ1) is 9.34. The van der Waals surface area contributed by atoms with E-state index in [1.807, 2.05) is 36.4 Å². The van der Waals surface area contributed by atoms with E-state index in [4.69, 9.17) is 0 Å². The van der Waals surface area contributed by atoms with Crippen molar-refractivity contribution in [2.24, 2.45) is 4.99 Å². The van der Waals surface area contributed by atoms with Gasteiger partial charge in [0.15, 0.2) is 0 Å². The number of rotatable bonds is 2. The van der Waals surface area contributed by atoms with Crippen molar-refractivity contribution >= 4 is 22.7 Å². The third-order valence-electron chi connectivity index (χ3n) is 2.94. The van der Waals surface area contributed by atoms with Crippen LogP contribution in [0, 0.1) is 0 Å². The monoisotopic (exact) mass is 248 g/mol. The van der Waals surface area contributed by atoms with Crippen LogP contribution in [0.4, 0.5) is 5.69 Å². The minimum absolute atomic E-state index is 0.226. The van der Waals surface area contributed by atoms with Gasteiger partial charge in [-0.2, -0.15) is 0 Å². The first-order valence-electron chi connectivity index (χ1n) is 5.99. The third-order valence-corrected chi connectivity index (χ3v) is 2.94. The second-order valence-electron chi connectivity index (χ2n) is 4.19. The lowest BCUT2D eigenvalue weighted by Gasteiger charge is -2.01. The van der Waals surface area contributed by atoms with E-state index < -0.39 is 0 Å². The Morgan fingerprint density at radius 2 is 1.89 bits per heavy atom. The number of hydrogen-bond donors (Lipinski definition) is 1. The molecule has 19 heavy (non-hydrogen) atoms. The minimum atomic E-state index is 0.226. The van der Waals surface area contributed by atoms with Gasteiger partial charge in [0.05, 0.1) is 5.69 Å². The number of phenolic OH excluding ortho intramolecular Hbond substituents is 1. The van der Waals surface area contributed by atoms with Gasteiger partial charge >= 0.3 is 0 Å². The first kappa shape index (κ1) is 11.4. The predicted molar refractivity (Wildman–Crippen MR) is 77.1 cm³/mol. The Morgan fingerprint density at radius 3 is 2.79 bits per heavy atom. The van der Waals surface area contributed by atoms with Crippen LogP contribution >= 0.6 is 0 Å². The molecule has 0 saturated carbocycles. The highest BCUT2D eigenvalue weighted by Crippen LogP contribution is 2.25. The highest BCUT2D eigenvalue weighted by atomic mass is 16.3. The van der Waals surface area contributed by atoms with E-state index >= 15 is 0 Å². The van der Waals surface area contributed by atoms with E-state index in [0.717, 1.165) is 16.5 Å². The first-order valence-corrected chi connectivity index (χ1v) is 5.99. The van der Waals surface area contributed by atoms with Crippen molar-refractivity contribution in [2.75, 3.05) is 0 Å². The number of phenols is 1. The molecule has 0 radical (unpaired) electrons. The minimum Gasteiger partial charge on any atom is -0.507 e. The lowest BCUT2D eigenvalue weighted by Crippen LogP contribution is -1.82. The maximum atomic E-state index is 9.70. The molecule has 0 saturated heterocycles. The van der Waals surface area contributed by atoms with Crippen molar-refractivity contribution in [3.63, 3.8) is 0 Å². The van der Waals surface area contributed by atoms with Gasteiger partial charge < -0.3 is 5.11 Å². The van der Waals surface area contributed by atoms with E-state index in [1.54, 1.807) is 30.7 Å². The number of fused-ring (bicyclic) bond motifs is 1. The highest BCUT2D eigenvalue weighted by Gasteiger charge is 1.99. The summed E-state index contributed by atoms with van der Waals surface area (Å²) in [6.07, 6.45) is 5.23. The Hall–Kier alpha value is -2.68. The lowest BCUT2D eigenvalue weighted by molar-refractivity contribution is 0.474. The largest absolute Gasteiger partial charge is 0.507 e. The summed E-state index contributed by atoms with van der Waals surface area (Å²) in [6, 6.07) is 15.0. The summed E-state index contributed by atoms with van der Waals surface area (Å²) in [5, 5.41) is 11.8. The molecule has 3 heteroatoms. The van der Waals surface area contributed by atoms with Gasteiger partial charge in [0, 0.05) is 29.6 Å². The van der Waals surface area contributed by atoms with Crippen LogP contribution in [-0.2, 0) is 0 Å². The van der Waals surface area contributed by atoms with Crippen molar-refractivity contribution in [1.29, 1.82) is 0 Å². The molecule has 3 aromatic rings. The molecule has 0 fully saturated rings. The summed E-state index contributed by atoms with van der Waals surface area (Å²) in [5.41, 5.74) is 1.54. The second-order valence-corrected chi connectivity index (χ2v) is 4.19. The van der Waals surface area contributed by atoms with Gasteiger partial charge in [0.2, 0.25) is 0 Å². The average Bonchev–Trinajstić information content (AvgIpc) is 2.46. The summed E-state index contributed by atoms with van der Waals surface area (Å²) in [5.74, 6) is 0.226. The summed E-state index contributed by atoms with van der Waals surface area (Å²) in [6.45, 7) is 0. The number of pyridine rings is 1. The number of aromatic nitrogens is 1. The Labute approximate surface area is 110 Å². The number of para-hydroxylation sites is 1. The lowest BCUT2D eigenvalue weighted by atomic mass is 10.1. The standard InChI is InChI=1S/C16H12N2O/c19-16-7-2-1-4-13(16)10-18-15-6-3-5-12-8-9-17-11-14(12)15/h1-11,19H. The number of benzene rings is 2. The SMILES string of the molecule is Oc1ccccc1C=Nc1cccc2ccncc12. The molecule has 2 aromatic carbocycles. The second kappa shape index (κ2) is 4.90. The zero-order valence-corrected chi connectivity index (χ0v) is 10.2. The molecule has 0 aliphatic heterocycles. The van der Waals surface area contributed by atoms with Crippen molar-refractivity contribution in [3.05, 3.63) is 66.5 Å². The Bertz CT molecular complexity index is 745. The molecule has 0 amide bonds. The molecular weight excluding hydrogens is 236 g/mol. The Morgan fingerprint density at radius 1 is 1.00 bits per heavy atom. The molecule has 0 aliphatic carbocycles. The molecule has 92 valence electrons. The summed E-state index contributed by atoms with van der Waals surface area (Å²) in [4.78, 5) is 8.56. The normalized spacial score (nSPS) is 11.2. The van der Waals surface area contributed by atoms with Crippen LogP contribution in [0.3, 0.4) is 0 Å². The van der Waals surface area contributed by atoms with Crippen molar-refractivity contribution in [2.45, 2.75) is 0 Å². The molecule has 1 N–H and O–H groups in total. The number of aromatic hydroxyl groups is 1. The maximum Gasteiger partial charge on any atom is 0.124 e. The van der Waals surface area contributed by atoms with Gasteiger partial charge in [0.25, 0.3) is 0 Å². The van der Waals surface area contributed by atoms with Gasteiger partial charge in [-0.3, -0.25) is 9.98 Å². The van der Waals surface area contributed by atoms with Gasteiger partial charge in [-0.25, -0.2) is 0 Å². The smallest absolute Gasteiger partial charge is 0.124 e. The fourth-order valence-corrected chi connectivity index (χ4v) is 1.95. The molecule has 0 atom stereocenters. The highest BCUT2D eigenvalue weighted by molar-refractivity contribution is 5.95. The predicted octanol–water partition coefficient (Wildman–Crippen LogP) is 3.69. The van der Waals surface area contributed by atoms with Crippen molar-refractivity contribution in [1.82, 2.24) is 4.98 Å². The molecule has 3 nitrogen and oxygen atoms in total. The van der Waals surface area contributed by atoms with Crippen molar-refractivity contribution in [3.8, 4) is 5.75 Å². The molecule has 3 rings (SSSR count). The van der Waals surface area contributed by atoms with Gasteiger partial charge in [-0.1, -0.05) is 24.3 Å². The van der Waals surface area contributed by atoms with Crippen LogP contribution in [0.25, 0.3) is 10.8 Å². The molecule has 0 aliphatic rings. The number of hydrogen-bond acceptors (Lipinski definition) is 3. The number of nitrogens with zero attached hydrogens (tertiary/aromatic N) is 2. The van der Waals surface area contributed by atoms with Crippen LogP contribution in [0.1, 0.15) is 5.56 Å². The van der Waals surface area contributed by atoms with E-state index in [-0.39, 0.29) is 5.75 Å². The third kappa shape index (κ3) is 2.31. The molecule has 0 unspecified atom stereocenters. The van der Waals surface area contributed by atoms with Crippen LogP contribution in [0.5, 0.6) is 5.75 Å². The zero-order chi connectivity index (χ0) is 13.1. The quantitative estimate of drug-likeness (QED) is 0.703. The summed E-state index contributed by atoms with van der Waals surface area (Å²) >= 11 is 0. The molecule has 1 heterocycles. The van der Waals surface area contributed by atoms with Crippen LogP contribution in [0.2, 0.25) is 0 Å². The van der Waals surface area contributed by atoms with Crippen LogP contribution in [-0.4, -0.2) is 16.3 Å². The van der Waals surface area contributed by atoms with E-state index in [1.165, 1.54) is 0 Å². The fraction of sp³-hybridized carbons (Fsp3) is 0. The van der Waals surface area contributed by atoms with E-state index in [0.29, 0.717) is 5.56 Å². The van der Waals surface area contributed by atoms with Gasteiger partial charge in [-0.05, 0) is 29.7 Å². The maximum absolute atomic E-state index is 9.70. The fourth-order valence-electron chi connectivity index (χ4n) is 1.95. The van der Waals surface area contributed by atoms with Crippen LogP contribution in [0.15, 0.2) is 65.9 Å².